The second kappa shape index (κ2) is 7.13. The Balaban J connectivity index is 2.37. The third-order valence-electron chi connectivity index (χ3n) is 3.08. The molecular weight excluding hydrogens is 246 g/mol. The molecule has 0 radical (unpaired) electrons. The van der Waals surface area contributed by atoms with Crippen LogP contribution in [0.3, 0.4) is 0 Å². The average molecular weight is 270 g/mol. The van der Waals surface area contributed by atoms with Crippen LogP contribution in [0.25, 0.3) is 0 Å². The lowest BCUT2D eigenvalue weighted by Crippen LogP contribution is -2.42. The summed E-state index contributed by atoms with van der Waals surface area (Å²) in [6.07, 6.45) is 2.77. The molecule has 2 nitrogen and oxygen atoms in total. The van der Waals surface area contributed by atoms with E-state index < -0.39 is 5.60 Å². The first kappa shape index (κ1) is 15.5. The van der Waals surface area contributed by atoms with E-state index in [1.54, 1.807) is 0 Å². The van der Waals surface area contributed by atoms with Crippen LogP contribution >= 0.6 is 11.6 Å². The summed E-state index contributed by atoms with van der Waals surface area (Å²) in [5.74, 6) is 0. The molecule has 0 aliphatic rings. The molecule has 1 aromatic carbocycles. The van der Waals surface area contributed by atoms with Crippen LogP contribution in [-0.2, 0) is 6.42 Å². The summed E-state index contributed by atoms with van der Waals surface area (Å²) in [6, 6.07) is 8.26. The van der Waals surface area contributed by atoms with E-state index in [9.17, 15) is 5.11 Å². The van der Waals surface area contributed by atoms with Crippen LogP contribution in [0.2, 0.25) is 5.02 Å². The van der Waals surface area contributed by atoms with E-state index in [0.717, 1.165) is 24.3 Å². The minimum absolute atomic E-state index is 0.342. The van der Waals surface area contributed by atoms with Crippen molar-refractivity contribution < 1.29 is 5.11 Å². The van der Waals surface area contributed by atoms with E-state index in [-0.39, 0.29) is 0 Å². The van der Waals surface area contributed by atoms with Gasteiger partial charge in [0, 0.05) is 17.6 Å². The Morgan fingerprint density at radius 1 is 1.33 bits per heavy atom. The number of halogens is 1. The van der Waals surface area contributed by atoms with Crippen molar-refractivity contribution in [2.75, 3.05) is 6.54 Å². The molecule has 2 atom stereocenters. The fourth-order valence-electron chi connectivity index (χ4n) is 2.07. The second-order valence-electron chi connectivity index (χ2n) is 5.36. The number of aliphatic hydroxyl groups is 1. The fourth-order valence-corrected chi connectivity index (χ4v) is 2.19. The standard InChI is InChI=1S/C15H24ClNO/c1-4-9-15(3,18)11-17-12(2)10-13-5-7-14(16)8-6-13/h5-8,12,17-18H,4,9-11H2,1-3H3. The van der Waals surface area contributed by atoms with E-state index in [2.05, 4.69) is 19.2 Å². The summed E-state index contributed by atoms with van der Waals surface area (Å²) in [5, 5.41) is 14.2. The Bertz CT molecular complexity index is 348. The van der Waals surface area contributed by atoms with Gasteiger partial charge in [-0.2, -0.15) is 0 Å². The van der Waals surface area contributed by atoms with Crippen LogP contribution in [-0.4, -0.2) is 23.3 Å². The Morgan fingerprint density at radius 3 is 2.50 bits per heavy atom. The van der Waals surface area contributed by atoms with E-state index >= 15 is 0 Å². The lowest BCUT2D eigenvalue weighted by atomic mass is 9.99. The molecule has 0 fully saturated rings. The molecule has 0 bridgehead atoms. The maximum absolute atomic E-state index is 10.1. The van der Waals surface area contributed by atoms with Gasteiger partial charge in [-0.15, -0.1) is 0 Å². The van der Waals surface area contributed by atoms with Crippen LogP contribution in [0.4, 0.5) is 0 Å². The highest BCUT2D eigenvalue weighted by Gasteiger charge is 2.19. The van der Waals surface area contributed by atoms with Crippen LogP contribution in [0, 0.1) is 0 Å². The average Bonchev–Trinajstić information content (AvgIpc) is 2.30. The third-order valence-corrected chi connectivity index (χ3v) is 3.33. The smallest absolute Gasteiger partial charge is 0.0743 e. The first-order chi connectivity index (χ1) is 8.43. The van der Waals surface area contributed by atoms with Crippen LogP contribution in [0.1, 0.15) is 39.2 Å². The first-order valence-corrected chi connectivity index (χ1v) is 7.01. The molecule has 0 saturated heterocycles. The highest BCUT2D eigenvalue weighted by Crippen LogP contribution is 2.13. The van der Waals surface area contributed by atoms with Gasteiger partial charge in [-0.25, -0.2) is 0 Å². The number of hydrogen-bond donors (Lipinski definition) is 2. The molecule has 2 N–H and O–H groups in total. The molecular formula is C15H24ClNO. The molecule has 1 rings (SSSR count). The van der Waals surface area contributed by atoms with Crippen LogP contribution in [0.15, 0.2) is 24.3 Å². The Kier molecular flexibility index (Phi) is 6.13. The Hall–Kier alpha value is -0.570. The lowest BCUT2D eigenvalue weighted by molar-refractivity contribution is 0.0477. The van der Waals surface area contributed by atoms with Gasteiger partial charge in [0.25, 0.3) is 0 Å². The summed E-state index contributed by atoms with van der Waals surface area (Å²) < 4.78 is 0. The first-order valence-electron chi connectivity index (χ1n) is 6.63. The fraction of sp³-hybridized carbons (Fsp3) is 0.600. The summed E-state index contributed by atoms with van der Waals surface area (Å²) in [6.45, 7) is 6.75. The van der Waals surface area contributed by atoms with Crippen molar-refractivity contribution in [2.45, 2.75) is 51.7 Å². The molecule has 0 amide bonds. The van der Waals surface area contributed by atoms with Crippen LogP contribution < -0.4 is 5.32 Å². The molecule has 3 heteroatoms. The van der Waals surface area contributed by atoms with Crippen molar-refractivity contribution >= 4 is 11.6 Å². The number of hydrogen-bond acceptors (Lipinski definition) is 2. The number of nitrogens with one attached hydrogen (secondary N) is 1. The van der Waals surface area contributed by atoms with Crippen molar-refractivity contribution in [3.8, 4) is 0 Å². The number of rotatable bonds is 7. The second-order valence-corrected chi connectivity index (χ2v) is 5.80. The SMILES string of the molecule is CCCC(C)(O)CNC(C)Cc1ccc(Cl)cc1. The van der Waals surface area contributed by atoms with Crippen molar-refractivity contribution in [3.05, 3.63) is 34.9 Å². The summed E-state index contributed by atoms with van der Waals surface area (Å²) in [7, 11) is 0. The molecule has 1 aromatic rings. The van der Waals surface area contributed by atoms with Gasteiger partial charge < -0.3 is 10.4 Å². The van der Waals surface area contributed by atoms with Gasteiger partial charge in [-0.3, -0.25) is 0 Å². The zero-order chi connectivity index (χ0) is 13.6. The van der Waals surface area contributed by atoms with Crippen LogP contribution in [0.5, 0.6) is 0 Å². The molecule has 0 aliphatic heterocycles. The topological polar surface area (TPSA) is 32.3 Å². The van der Waals surface area contributed by atoms with E-state index in [1.165, 1.54) is 5.56 Å². The Labute approximate surface area is 115 Å². The van der Waals surface area contributed by atoms with Gasteiger partial charge >= 0.3 is 0 Å². The summed E-state index contributed by atoms with van der Waals surface area (Å²) in [5.41, 5.74) is 0.651. The quantitative estimate of drug-likeness (QED) is 0.795. The zero-order valence-corrected chi connectivity index (χ0v) is 12.3. The summed E-state index contributed by atoms with van der Waals surface area (Å²) in [4.78, 5) is 0. The van der Waals surface area contributed by atoms with Crippen molar-refractivity contribution in [1.29, 1.82) is 0 Å². The van der Waals surface area contributed by atoms with Crippen molar-refractivity contribution in [1.82, 2.24) is 5.32 Å². The predicted molar refractivity (Wildman–Crippen MR) is 78.2 cm³/mol. The highest BCUT2D eigenvalue weighted by atomic mass is 35.5. The Morgan fingerprint density at radius 2 is 1.94 bits per heavy atom. The molecule has 102 valence electrons. The molecule has 0 heterocycles. The van der Waals surface area contributed by atoms with Gasteiger partial charge in [0.1, 0.15) is 0 Å². The maximum atomic E-state index is 10.1. The molecule has 0 saturated carbocycles. The van der Waals surface area contributed by atoms with E-state index in [4.69, 9.17) is 11.6 Å². The minimum Gasteiger partial charge on any atom is -0.389 e. The van der Waals surface area contributed by atoms with Crippen molar-refractivity contribution in [3.63, 3.8) is 0 Å². The van der Waals surface area contributed by atoms with Gasteiger partial charge in [0.2, 0.25) is 0 Å². The zero-order valence-electron chi connectivity index (χ0n) is 11.5. The van der Waals surface area contributed by atoms with E-state index in [1.807, 2.05) is 31.2 Å². The van der Waals surface area contributed by atoms with E-state index in [0.29, 0.717) is 12.6 Å². The normalized spacial score (nSPS) is 16.3. The summed E-state index contributed by atoms with van der Waals surface area (Å²) >= 11 is 5.86. The van der Waals surface area contributed by atoms with Gasteiger partial charge in [0.15, 0.2) is 0 Å². The predicted octanol–water partition coefficient (Wildman–Crippen LogP) is 3.41. The third kappa shape index (κ3) is 5.85. The molecule has 2 unspecified atom stereocenters. The lowest BCUT2D eigenvalue weighted by Gasteiger charge is -2.25. The van der Waals surface area contributed by atoms with Gasteiger partial charge in [-0.05, 0) is 44.4 Å². The number of benzene rings is 1. The molecule has 0 spiro atoms. The van der Waals surface area contributed by atoms with Gasteiger partial charge in [-0.1, -0.05) is 37.1 Å². The monoisotopic (exact) mass is 269 g/mol. The minimum atomic E-state index is -0.608. The molecule has 18 heavy (non-hydrogen) atoms. The van der Waals surface area contributed by atoms with Gasteiger partial charge in [0.05, 0.1) is 5.60 Å². The molecule has 0 aromatic heterocycles. The van der Waals surface area contributed by atoms with Crippen molar-refractivity contribution in [2.24, 2.45) is 0 Å². The highest BCUT2D eigenvalue weighted by molar-refractivity contribution is 6.30. The molecule has 0 aliphatic carbocycles. The maximum Gasteiger partial charge on any atom is 0.0743 e. The largest absolute Gasteiger partial charge is 0.389 e.